The molecule has 0 amide bonds. The summed E-state index contributed by atoms with van der Waals surface area (Å²) < 4.78 is 0. The fourth-order valence-corrected chi connectivity index (χ4v) is 2.43. The lowest BCUT2D eigenvalue weighted by Crippen LogP contribution is -2.56. The lowest BCUT2D eigenvalue weighted by atomic mass is 9.75. The molecule has 1 aromatic heterocycles. The van der Waals surface area contributed by atoms with Gasteiger partial charge in [0.15, 0.2) is 0 Å². The Labute approximate surface area is 103 Å². The third-order valence-corrected chi connectivity index (χ3v) is 3.82. The van der Waals surface area contributed by atoms with Crippen molar-refractivity contribution in [3.05, 3.63) is 12.3 Å². The molecule has 0 aliphatic heterocycles. The van der Waals surface area contributed by atoms with Crippen molar-refractivity contribution >= 4 is 11.8 Å². The quantitative estimate of drug-likeness (QED) is 0.843. The number of aromatic nitrogens is 2. The van der Waals surface area contributed by atoms with E-state index in [2.05, 4.69) is 40.9 Å². The molecule has 2 N–H and O–H groups in total. The van der Waals surface area contributed by atoms with Crippen LogP contribution in [0, 0.1) is 0 Å². The van der Waals surface area contributed by atoms with Crippen LogP contribution in [0.4, 0.5) is 11.8 Å². The number of hydrogen-bond donors (Lipinski definition) is 1. The van der Waals surface area contributed by atoms with E-state index in [1.54, 1.807) is 6.20 Å². The van der Waals surface area contributed by atoms with Gasteiger partial charge in [-0.05, 0) is 39.4 Å². The zero-order valence-corrected chi connectivity index (χ0v) is 10.8. The van der Waals surface area contributed by atoms with Gasteiger partial charge in [0.05, 0.1) is 0 Å². The number of nitrogen functional groups attached to an aromatic ring is 1. The van der Waals surface area contributed by atoms with Gasteiger partial charge in [-0.25, -0.2) is 4.98 Å². The predicted octanol–water partition coefficient (Wildman–Crippen LogP) is 0.979. The van der Waals surface area contributed by atoms with Gasteiger partial charge in [-0.15, -0.1) is 0 Å². The molecule has 0 radical (unpaired) electrons. The minimum atomic E-state index is 0.300. The molecule has 0 spiro atoms. The van der Waals surface area contributed by atoms with Crippen molar-refractivity contribution in [2.45, 2.75) is 24.8 Å². The van der Waals surface area contributed by atoms with E-state index in [1.807, 2.05) is 6.07 Å². The number of anilines is 2. The zero-order valence-electron chi connectivity index (χ0n) is 10.8. The maximum absolute atomic E-state index is 5.61. The van der Waals surface area contributed by atoms with Gasteiger partial charge in [-0.3, -0.25) is 0 Å². The summed E-state index contributed by atoms with van der Waals surface area (Å²) >= 11 is 0. The Morgan fingerprint density at radius 1 is 1.35 bits per heavy atom. The summed E-state index contributed by atoms with van der Waals surface area (Å²) in [5.41, 5.74) is 5.91. The van der Waals surface area contributed by atoms with Crippen LogP contribution in [0.1, 0.15) is 19.3 Å². The largest absolute Gasteiger partial charge is 0.368 e. The molecule has 0 saturated heterocycles. The highest BCUT2D eigenvalue weighted by Crippen LogP contribution is 2.37. The standard InChI is InChI=1S/C12H21N5/c1-16(2)12(6-4-7-12)9-17(3)10-5-8-14-11(13)15-10/h5,8H,4,6-7,9H2,1-3H3,(H2,13,14,15). The van der Waals surface area contributed by atoms with Crippen LogP contribution in [0.3, 0.4) is 0 Å². The van der Waals surface area contributed by atoms with Crippen LogP contribution in [0.25, 0.3) is 0 Å². The molecule has 0 aromatic carbocycles. The van der Waals surface area contributed by atoms with E-state index in [4.69, 9.17) is 5.73 Å². The molecule has 1 aliphatic rings. The molecule has 5 heteroatoms. The van der Waals surface area contributed by atoms with Crippen LogP contribution in [0.2, 0.25) is 0 Å². The average Bonchev–Trinajstić information content (AvgIpc) is 2.22. The zero-order chi connectivity index (χ0) is 12.5. The highest BCUT2D eigenvalue weighted by atomic mass is 15.3. The fraction of sp³-hybridized carbons (Fsp3) is 0.667. The van der Waals surface area contributed by atoms with E-state index in [1.165, 1.54) is 19.3 Å². The van der Waals surface area contributed by atoms with Gasteiger partial charge in [0.25, 0.3) is 0 Å². The Morgan fingerprint density at radius 3 is 2.53 bits per heavy atom. The van der Waals surface area contributed by atoms with E-state index in [9.17, 15) is 0 Å². The summed E-state index contributed by atoms with van der Waals surface area (Å²) in [5, 5.41) is 0. The second-order valence-corrected chi connectivity index (χ2v) is 5.10. The van der Waals surface area contributed by atoms with Crippen LogP contribution in [-0.2, 0) is 0 Å². The fourth-order valence-electron chi connectivity index (χ4n) is 2.43. The SMILES string of the molecule is CN(CC1(N(C)C)CCC1)c1ccnc(N)n1. The van der Waals surface area contributed by atoms with Gasteiger partial charge < -0.3 is 15.5 Å². The minimum absolute atomic E-state index is 0.300. The van der Waals surface area contributed by atoms with E-state index in [0.29, 0.717) is 11.5 Å². The monoisotopic (exact) mass is 235 g/mol. The third-order valence-electron chi connectivity index (χ3n) is 3.82. The van der Waals surface area contributed by atoms with Crippen LogP contribution in [0.15, 0.2) is 12.3 Å². The maximum Gasteiger partial charge on any atom is 0.221 e. The van der Waals surface area contributed by atoms with Gasteiger partial charge in [0, 0.05) is 25.3 Å². The first-order chi connectivity index (χ1) is 8.03. The summed E-state index contributed by atoms with van der Waals surface area (Å²) in [5.74, 6) is 1.23. The first kappa shape index (κ1) is 12.1. The molecule has 5 nitrogen and oxygen atoms in total. The van der Waals surface area contributed by atoms with Crippen molar-refractivity contribution in [3.63, 3.8) is 0 Å². The Bertz CT molecular complexity index is 386. The lowest BCUT2D eigenvalue weighted by molar-refractivity contribution is 0.0682. The summed E-state index contributed by atoms with van der Waals surface area (Å²) in [6.45, 7) is 0.983. The van der Waals surface area contributed by atoms with Crippen molar-refractivity contribution in [2.75, 3.05) is 38.3 Å². The van der Waals surface area contributed by atoms with E-state index in [0.717, 1.165) is 12.4 Å². The first-order valence-corrected chi connectivity index (χ1v) is 6.01. The summed E-state index contributed by atoms with van der Waals surface area (Å²) in [7, 11) is 6.37. The minimum Gasteiger partial charge on any atom is -0.368 e. The molecule has 0 unspecified atom stereocenters. The number of likely N-dealkylation sites (N-methyl/N-ethyl adjacent to an activating group) is 2. The Kier molecular flexibility index (Phi) is 3.19. The third kappa shape index (κ3) is 2.34. The molecule has 0 atom stereocenters. The van der Waals surface area contributed by atoms with Gasteiger partial charge in [-0.1, -0.05) is 0 Å². The molecule has 1 heterocycles. The number of rotatable bonds is 4. The van der Waals surface area contributed by atoms with Crippen molar-refractivity contribution in [1.82, 2.24) is 14.9 Å². The average molecular weight is 235 g/mol. The van der Waals surface area contributed by atoms with Gasteiger partial charge in [0.1, 0.15) is 5.82 Å². The molecule has 0 bridgehead atoms. The summed E-state index contributed by atoms with van der Waals surface area (Å²) in [4.78, 5) is 12.7. The normalized spacial score (nSPS) is 17.9. The second-order valence-electron chi connectivity index (χ2n) is 5.10. The van der Waals surface area contributed by atoms with Gasteiger partial charge in [-0.2, -0.15) is 4.98 Å². The van der Waals surface area contributed by atoms with Crippen LogP contribution >= 0.6 is 0 Å². The molecule has 1 aromatic rings. The highest BCUT2D eigenvalue weighted by Gasteiger charge is 2.40. The Morgan fingerprint density at radius 2 is 2.06 bits per heavy atom. The number of nitrogens with zero attached hydrogens (tertiary/aromatic N) is 4. The number of hydrogen-bond acceptors (Lipinski definition) is 5. The van der Waals surface area contributed by atoms with Crippen molar-refractivity contribution in [2.24, 2.45) is 0 Å². The summed E-state index contributed by atoms with van der Waals surface area (Å²) in [6.07, 6.45) is 5.53. The summed E-state index contributed by atoms with van der Waals surface area (Å²) in [6, 6.07) is 1.90. The molecule has 1 aliphatic carbocycles. The molecule has 1 saturated carbocycles. The maximum atomic E-state index is 5.61. The second kappa shape index (κ2) is 4.49. The van der Waals surface area contributed by atoms with Crippen molar-refractivity contribution in [3.8, 4) is 0 Å². The number of nitrogens with two attached hydrogens (primary N) is 1. The van der Waals surface area contributed by atoms with Gasteiger partial charge >= 0.3 is 0 Å². The predicted molar refractivity (Wildman–Crippen MR) is 70.0 cm³/mol. The lowest BCUT2D eigenvalue weighted by Gasteiger charge is -2.49. The van der Waals surface area contributed by atoms with Crippen molar-refractivity contribution < 1.29 is 0 Å². The molecule has 1 fully saturated rings. The molecule has 94 valence electrons. The van der Waals surface area contributed by atoms with E-state index >= 15 is 0 Å². The molecule has 2 rings (SSSR count). The van der Waals surface area contributed by atoms with E-state index < -0.39 is 0 Å². The smallest absolute Gasteiger partial charge is 0.221 e. The first-order valence-electron chi connectivity index (χ1n) is 6.01. The topological polar surface area (TPSA) is 58.3 Å². The van der Waals surface area contributed by atoms with Crippen LogP contribution in [-0.4, -0.2) is 48.1 Å². The van der Waals surface area contributed by atoms with Crippen LogP contribution in [0.5, 0.6) is 0 Å². The highest BCUT2D eigenvalue weighted by molar-refractivity contribution is 5.40. The molecular formula is C12H21N5. The Balaban J connectivity index is 2.08. The van der Waals surface area contributed by atoms with Crippen LogP contribution < -0.4 is 10.6 Å². The van der Waals surface area contributed by atoms with Crippen molar-refractivity contribution in [1.29, 1.82) is 0 Å². The molecular weight excluding hydrogens is 214 g/mol. The Hall–Kier alpha value is -1.36. The van der Waals surface area contributed by atoms with Gasteiger partial charge in [0.2, 0.25) is 5.95 Å². The van der Waals surface area contributed by atoms with E-state index in [-0.39, 0.29) is 0 Å². The molecule has 17 heavy (non-hydrogen) atoms.